The summed E-state index contributed by atoms with van der Waals surface area (Å²) in [5.41, 5.74) is 4.17. The summed E-state index contributed by atoms with van der Waals surface area (Å²) < 4.78 is 5.40. The predicted molar refractivity (Wildman–Crippen MR) is 114 cm³/mol. The monoisotopic (exact) mass is 394 g/mol. The number of phenols is 1. The quantitative estimate of drug-likeness (QED) is 0.505. The number of benzene rings is 3. The second-order valence-corrected chi connectivity index (χ2v) is 6.92. The molecule has 3 aromatic carbocycles. The molecule has 0 aliphatic rings. The average Bonchev–Trinajstić information content (AvgIpc) is 2.73. The number of rotatable bonds is 8. The number of allylic oxidation sites excluding steroid dienone is 2. The van der Waals surface area contributed by atoms with Gasteiger partial charge in [-0.3, -0.25) is 0 Å². The van der Waals surface area contributed by atoms with Crippen molar-refractivity contribution in [1.29, 1.82) is 0 Å². The van der Waals surface area contributed by atoms with E-state index >= 15 is 0 Å². The first-order chi connectivity index (χ1) is 13.7. The molecule has 1 atom stereocenters. The van der Waals surface area contributed by atoms with Gasteiger partial charge in [-0.15, -0.1) is 11.6 Å². The first-order valence-electron chi connectivity index (χ1n) is 9.17. The van der Waals surface area contributed by atoms with Crippen LogP contribution in [-0.2, 0) is 6.42 Å². The number of aliphatic hydroxyl groups is 1. The van der Waals surface area contributed by atoms with E-state index < -0.39 is 0 Å². The number of aromatic hydroxyl groups is 1. The fraction of sp³-hybridized carbons (Fsp3) is 0.167. The zero-order valence-electron chi connectivity index (χ0n) is 15.5. The molecule has 0 saturated carbocycles. The third-order valence-corrected chi connectivity index (χ3v) is 4.73. The molecular formula is C24H23ClO3. The first-order valence-corrected chi connectivity index (χ1v) is 9.61. The van der Waals surface area contributed by atoms with Crippen molar-refractivity contribution >= 4 is 17.2 Å². The average molecular weight is 395 g/mol. The minimum atomic E-state index is -0.306. The van der Waals surface area contributed by atoms with Gasteiger partial charge in [0.05, 0.1) is 12.0 Å². The number of hydrogen-bond acceptors (Lipinski definition) is 3. The summed E-state index contributed by atoms with van der Waals surface area (Å²) in [5, 5.41) is 18.3. The Morgan fingerprint density at radius 1 is 0.964 bits per heavy atom. The van der Waals surface area contributed by atoms with Gasteiger partial charge in [-0.05, 0) is 52.9 Å². The standard InChI is InChI=1S/C24H23ClO3/c25-24(20-9-11-23(12-10-20)28-14-13-26)17-21(19-6-2-1-3-7-19)15-18-5-4-8-22(27)16-18/h1-12,16-17,24,26-27H,13-15H2/b21-17-. The summed E-state index contributed by atoms with van der Waals surface area (Å²) in [6.07, 6.45) is 2.71. The molecule has 0 radical (unpaired) electrons. The Bertz CT molecular complexity index is 905. The summed E-state index contributed by atoms with van der Waals surface area (Å²) in [5.74, 6) is 0.958. The van der Waals surface area contributed by atoms with Crippen LogP contribution in [0, 0.1) is 0 Å². The molecule has 3 rings (SSSR count). The molecule has 3 aromatic rings. The zero-order valence-corrected chi connectivity index (χ0v) is 16.2. The Balaban J connectivity index is 1.85. The van der Waals surface area contributed by atoms with Crippen molar-refractivity contribution in [3.8, 4) is 11.5 Å². The Hall–Kier alpha value is -2.75. The summed E-state index contributed by atoms with van der Waals surface area (Å²) >= 11 is 6.70. The van der Waals surface area contributed by atoms with Crippen LogP contribution in [0.1, 0.15) is 22.1 Å². The van der Waals surface area contributed by atoms with E-state index in [-0.39, 0.29) is 24.3 Å². The van der Waals surface area contributed by atoms with Crippen LogP contribution in [0.25, 0.3) is 5.57 Å². The molecule has 0 aliphatic carbocycles. The number of hydrogen-bond donors (Lipinski definition) is 2. The molecule has 0 heterocycles. The van der Waals surface area contributed by atoms with Gasteiger partial charge in [-0.2, -0.15) is 0 Å². The lowest BCUT2D eigenvalue weighted by Crippen LogP contribution is -2.01. The third kappa shape index (κ3) is 5.62. The van der Waals surface area contributed by atoms with Gasteiger partial charge in [0, 0.05) is 0 Å². The maximum absolute atomic E-state index is 9.77. The molecule has 1 unspecified atom stereocenters. The molecule has 144 valence electrons. The van der Waals surface area contributed by atoms with E-state index in [0.29, 0.717) is 12.2 Å². The number of phenolic OH excluding ortho intramolecular Hbond substituents is 1. The van der Waals surface area contributed by atoms with Gasteiger partial charge in [-0.25, -0.2) is 0 Å². The van der Waals surface area contributed by atoms with Gasteiger partial charge in [0.2, 0.25) is 0 Å². The smallest absolute Gasteiger partial charge is 0.119 e. The van der Waals surface area contributed by atoms with Crippen molar-refractivity contribution in [1.82, 2.24) is 0 Å². The molecule has 0 saturated heterocycles. The van der Waals surface area contributed by atoms with Gasteiger partial charge in [-0.1, -0.05) is 60.7 Å². The van der Waals surface area contributed by atoms with E-state index in [9.17, 15) is 5.11 Å². The van der Waals surface area contributed by atoms with Crippen molar-refractivity contribution in [3.63, 3.8) is 0 Å². The maximum atomic E-state index is 9.77. The maximum Gasteiger partial charge on any atom is 0.119 e. The fourth-order valence-electron chi connectivity index (χ4n) is 2.98. The molecule has 2 N–H and O–H groups in total. The third-order valence-electron chi connectivity index (χ3n) is 4.36. The highest BCUT2D eigenvalue weighted by molar-refractivity contribution is 6.22. The van der Waals surface area contributed by atoms with Crippen LogP contribution < -0.4 is 4.74 Å². The SMILES string of the molecule is OCCOc1ccc(C(Cl)/C=C(/Cc2cccc(O)c2)c2ccccc2)cc1. The van der Waals surface area contributed by atoms with E-state index in [1.54, 1.807) is 12.1 Å². The molecule has 0 amide bonds. The Morgan fingerprint density at radius 3 is 2.39 bits per heavy atom. The van der Waals surface area contributed by atoms with Crippen molar-refractivity contribution in [2.24, 2.45) is 0 Å². The van der Waals surface area contributed by atoms with Crippen LogP contribution in [0.5, 0.6) is 11.5 Å². The van der Waals surface area contributed by atoms with E-state index in [1.165, 1.54) is 0 Å². The van der Waals surface area contributed by atoms with Crippen LogP contribution in [0.3, 0.4) is 0 Å². The van der Waals surface area contributed by atoms with Crippen molar-refractivity contribution < 1.29 is 14.9 Å². The number of ether oxygens (including phenoxy) is 1. The van der Waals surface area contributed by atoms with E-state index in [1.807, 2.05) is 60.7 Å². The van der Waals surface area contributed by atoms with Crippen molar-refractivity contribution in [2.45, 2.75) is 11.8 Å². The topological polar surface area (TPSA) is 49.7 Å². The number of alkyl halides is 1. The van der Waals surface area contributed by atoms with Crippen molar-refractivity contribution in [3.05, 3.63) is 102 Å². The fourth-order valence-corrected chi connectivity index (χ4v) is 3.28. The van der Waals surface area contributed by atoms with Gasteiger partial charge >= 0.3 is 0 Å². The molecule has 3 nitrogen and oxygen atoms in total. The highest BCUT2D eigenvalue weighted by Crippen LogP contribution is 2.30. The first kappa shape index (κ1) is 20.0. The lowest BCUT2D eigenvalue weighted by molar-refractivity contribution is 0.201. The van der Waals surface area contributed by atoms with Gasteiger partial charge in [0.15, 0.2) is 0 Å². The highest BCUT2D eigenvalue weighted by Gasteiger charge is 2.10. The van der Waals surface area contributed by atoms with E-state index in [4.69, 9.17) is 21.4 Å². The molecule has 0 aromatic heterocycles. The molecule has 28 heavy (non-hydrogen) atoms. The summed E-state index contributed by atoms with van der Waals surface area (Å²) in [6.45, 7) is 0.254. The minimum Gasteiger partial charge on any atom is -0.508 e. The van der Waals surface area contributed by atoms with Gasteiger partial charge in [0.25, 0.3) is 0 Å². The second kappa shape index (κ2) is 9.98. The Morgan fingerprint density at radius 2 is 1.71 bits per heavy atom. The predicted octanol–water partition coefficient (Wildman–Crippen LogP) is 5.37. The molecule has 0 aliphatic heterocycles. The van der Waals surface area contributed by atoms with Gasteiger partial charge in [0.1, 0.15) is 18.1 Å². The Kier molecular flexibility index (Phi) is 7.12. The van der Waals surface area contributed by atoms with Gasteiger partial charge < -0.3 is 14.9 Å². The highest BCUT2D eigenvalue weighted by atomic mass is 35.5. The minimum absolute atomic E-state index is 0.0158. The van der Waals surface area contributed by atoms with E-state index in [2.05, 4.69) is 12.1 Å². The second-order valence-electron chi connectivity index (χ2n) is 6.45. The Labute approximate surface area is 170 Å². The van der Waals surface area contributed by atoms with Crippen LogP contribution in [0.15, 0.2) is 84.9 Å². The molecule has 0 fully saturated rings. The van der Waals surface area contributed by atoms with Crippen LogP contribution in [-0.4, -0.2) is 23.4 Å². The summed E-state index contributed by atoms with van der Waals surface area (Å²) in [4.78, 5) is 0. The number of halogens is 1. The lowest BCUT2D eigenvalue weighted by atomic mass is 9.96. The molecule has 0 spiro atoms. The summed E-state index contributed by atoms with van der Waals surface area (Å²) in [7, 11) is 0. The van der Waals surface area contributed by atoms with Crippen molar-refractivity contribution in [2.75, 3.05) is 13.2 Å². The van der Waals surface area contributed by atoms with E-state index in [0.717, 1.165) is 22.3 Å². The summed E-state index contributed by atoms with van der Waals surface area (Å²) in [6, 6.07) is 24.9. The molecular weight excluding hydrogens is 372 g/mol. The van der Waals surface area contributed by atoms with Crippen LogP contribution in [0.2, 0.25) is 0 Å². The molecule has 4 heteroatoms. The van der Waals surface area contributed by atoms with Crippen LogP contribution in [0.4, 0.5) is 0 Å². The largest absolute Gasteiger partial charge is 0.508 e. The normalized spacial score (nSPS) is 12.6. The number of aliphatic hydroxyl groups excluding tert-OH is 1. The lowest BCUT2D eigenvalue weighted by Gasteiger charge is -2.13. The molecule has 0 bridgehead atoms. The van der Waals surface area contributed by atoms with Crippen LogP contribution >= 0.6 is 11.6 Å². The zero-order chi connectivity index (χ0) is 19.8.